The summed E-state index contributed by atoms with van der Waals surface area (Å²) in [7, 11) is 0. The summed E-state index contributed by atoms with van der Waals surface area (Å²) < 4.78 is 5.78. The van der Waals surface area contributed by atoms with Crippen molar-refractivity contribution in [3.05, 3.63) is 32.8 Å². The lowest BCUT2D eigenvalue weighted by Crippen LogP contribution is -2.35. The van der Waals surface area contributed by atoms with Gasteiger partial charge in [0.1, 0.15) is 5.69 Å². The third-order valence-corrected chi connectivity index (χ3v) is 4.21. The van der Waals surface area contributed by atoms with Gasteiger partial charge in [0.2, 0.25) is 0 Å². The molecule has 0 aromatic heterocycles. The second-order valence-corrected chi connectivity index (χ2v) is 6.23. The molecule has 0 radical (unpaired) electrons. The third kappa shape index (κ3) is 4.90. The Morgan fingerprint density at radius 1 is 1.35 bits per heavy atom. The average molecular weight is 386 g/mol. The van der Waals surface area contributed by atoms with Gasteiger partial charge < -0.3 is 9.64 Å². The zero-order chi connectivity index (χ0) is 16.8. The van der Waals surface area contributed by atoms with Crippen LogP contribution in [0, 0.1) is 10.1 Å². The molecule has 23 heavy (non-hydrogen) atoms. The number of rotatable bonds is 5. The van der Waals surface area contributed by atoms with E-state index in [0.29, 0.717) is 25.4 Å². The predicted octanol–water partition coefficient (Wildman–Crippen LogP) is 2.43. The number of benzene rings is 1. The molecular formula is C15H20BrN3O4. The van der Waals surface area contributed by atoms with Gasteiger partial charge >= 0.3 is 5.97 Å². The lowest BCUT2D eigenvalue weighted by Gasteiger charge is -2.23. The summed E-state index contributed by atoms with van der Waals surface area (Å²) >= 11 is 3.37. The van der Waals surface area contributed by atoms with Crippen molar-refractivity contribution in [2.75, 3.05) is 44.2 Å². The molecule has 1 aliphatic heterocycles. The van der Waals surface area contributed by atoms with Crippen LogP contribution in [0.5, 0.6) is 0 Å². The number of esters is 1. The van der Waals surface area contributed by atoms with E-state index in [1.54, 1.807) is 19.1 Å². The first-order valence-corrected chi connectivity index (χ1v) is 8.37. The Kier molecular flexibility index (Phi) is 6.35. The second-order valence-electron chi connectivity index (χ2n) is 5.31. The lowest BCUT2D eigenvalue weighted by atomic mass is 10.2. The van der Waals surface area contributed by atoms with Crippen molar-refractivity contribution in [3.63, 3.8) is 0 Å². The number of nitrogens with zero attached hydrogens (tertiary/aromatic N) is 3. The Labute approximate surface area is 143 Å². The maximum absolute atomic E-state index is 11.6. The average Bonchev–Trinajstić information content (AvgIpc) is 2.72. The summed E-state index contributed by atoms with van der Waals surface area (Å²) in [6.07, 6.45) is 0.836. The largest absolute Gasteiger partial charge is 0.465 e. The van der Waals surface area contributed by atoms with Crippen molar-refractivity contribution in [2.24, 2.45) is 0 Å². The number of halogens is 1. The van der Waals surface area contributed by atoms with Gasteiger partial charge in [-0.1, -0.05) is 15.9 Å². The highest BCUT2D eigenvalue weighted by Gasteiger charge is 2.23. The van der Waals surface area contributed by atoms with Crippen LogP contribution in [-0.4, -0.2) is 55.1 Å². The van der Waals surface area contributed by atoms with Gasteiger partial charge in [-0.3, -0.25) is 19.8 Å². The first kappa shape index (κ1) is 17.7. The van der Waals surface area contributed by atoms with E-state index >= 15 is 0 Å². The van der Waals surface area contributed by atoms with E-state index in [0.717, 1.165) is 24.0 Å². The van der Waals surface area contributed by atoms with Crippen LogP contribution >= 0.6 is 15.9 Å². The minimum atomic E-state index is -0.358. The minimum absolute atomic E-state index is 0.104. The van der Waals surface area contributed by atoms with Crippen molar-refractivity contribution in [3.8, 4) is 0 Å². The first-order valence-electron chi connectivity index (χ1n) is 7.58. The molecule has 1 fully saturated rings. The van der Waals surface area contributed by atoms with Crippen molar-refractivity contribution >= 4 is 33.3 Å². The SMILES string of the molecule is CCOC(=O)CN1CCCN(c2cc(Br)ccc2[N+](=O)[O-])CC1. The molecule has 0 unspecified atom stereocenters. The fourth-order valence-corrected chi connectivity index (χ4v) is 3.01. The molecule has 0 spiro atoms. The molecule has 0 amide bonds. The minimum Gasteiger partial charge on any atom is -0.465 e. The van der Waals surface area contributed by atoms with Gasteiger partial charge in [0.25, 0.3) is 5.69 Å². The van der Waals surface area contributed by atoms with Crippen LogP contribution in [0.25, 0.3) is 0 Å². The molecule has 0 atom stereocenters. The van der Waals surface area contributed by atoms with Gasteiger partial charge in [-0.15, -0.1) is 0 Å². The zero-order valence-corrected chi connectivity index (χ0v) is 14.6. The summed E-state index contributed by atoms with van der Waals surface area (Å²) in [6.45, 7) is 5.23. The van der Waals surface area contributed by atoms with E-state index in [4.69, 9.17) is 4.74 Å². The Morgan fingerprint density at radius 3 is 2.83 bits per heavy atom. The molecule has 0 saturated carbocycles. The van der Waals surface area contributed by atoms with Crippen LogP contribution in [0.2, 0.25) is 0 Å². The molecule has 1 aromatic rings. The number of hydrogen-bond donors (Lipinski definition) is 0. The van der Waals surface area contributed by atoms with Crippen molar-refractivity contribution in [1.82, 2.24) is 4.90 Å². The number of nitro groups is 1. The fourth-order valence-electron chi connectivity index (χ4n) is 2.66. The summed E-state index contributed by atoms with van der Waals surface area (Å²) in [6, 6.07) is 4.96. The number of carbonyl (C=O) groups is 1. The van der Waals surface area contributed by atoms with Crippen molar-refractivity contribution in [2.45, 2.75) is 13.3 Å². The quantitative estimate of drug-likeness (QED) is 0.440. The smallest absolute Gasteiger partial charge is 0.320 e. The standard InChI is InChI=1S/C15H20BrN3O4/c1-2-23-15(20)11-17-6-3-7-18(9-8-17)14-10-12(16)4-5-13(14)19(21)22/h4-5,10H,2-3,6-9,11H2,1H3. The van der Waals surface area contributed by atoms with Crippen LogP contribution in [0.15, 0.2) is 22.7 Å². The summed E-state index contributed by atoms with van der Waals surface area (Å²) in [5.41, 5.74) is 0.717. The highest BCUT2D eigenvalue weighted by atomic mass is 79.9. The Balaban J connectivity index is 2.07. The molecule has 1 heterocycles. The van der Waals surface area contributed by atoms with Gasteiger partial charge in [-0.05, 0) is 25.5 Å². The number of nitro benzene ring substituents is 1. The molecule has 0 bridgehead atoms. The van der Waals surface area contributed by atoms with E-state index in [1.807, 2.05) is 9.80 Å². The monoisotopic (exact) mass is 385 g/mol. The number of carbonyl (C=O) groups excluding carboxylic acids is 1. The Bertz CT molecular complexity index is 582. The van der Waals surface area contributed by atoms with E-state index in [9.17, 15) is 14.9 Å². The molecule has 1 aliphatic rings. The van der Waals surface area contributed by atoms with Crippen molar-refractivity contribution in [1.29, 1.82) is 0 Å². The van der Waals surface area contributed by atoms with Crippen LogP contribution in [0.4, 0.5) is 11.4 Å². The zero-order valence-electron chi connectivity index (χ0n) is 13.0. The maximum atomic E-state index is 11.6. The maximum Gasteiger partial charge on any atom is 0.320 e. The highest BCUT2D eigenvalue weighted by Crippen LogP contribution is 2.31. The Morgan fingerprint density at radius 2 is 2.13 bits per heavy atom. The predicted molar refractivity (Wildman–Crippen MR) is 90.7 cm³/mol. The molecule has 126 valence electrons. The molecule has 2 rings (SSSR count). The van der Waals surface area contributed by atoms with Gasteiger partial charge in [0.15, 0.2) is 0 Å². The molecule has 0 N–H and O–H groups in total. The van der Waals surface area contributed by atoms with E-state index in [-0.39, 0.29) is 23.1 Å². The fraction of sp³-hybridized carbons (Fsp3) is 0.533. The molecule has 1 saturated heterocycles. The van der Waals surface area contributed by atoms with Crippen LogP contribution in [0.3, 0.4) is 0 Å². The van der Waals surface area contributed by atoms with E-state index < -0.39 is 0 Å². The number of ether oxygens (including phenoxy) is 1. The Hall–Kier alpha value is -1.67. The number of hydrogen-bond acceptors (Lipinski definition) is 6. The van der Waals surface area contributed by atoms with Crippen LogP contribution < -0.4 is 4.90 Å². The molecule has 1 aromatic carbocycles. The molecular weight excluding hydrogens is 366 g/mol. The highest BCUT2D eigenvalue weighted by molar-refractivity contribution is 9.10. The summed E-state index contributed by atoms with van der Waals surface area (Å²) in [4.78, 5) is 26.5. The molecule has 0 aliphatic carbocycles. The third-order valence-electron chi connectivity index (χ3n) is 3.72. The van der Waals surface area contributed by atoms with Crippen molar-refractivity contribution < 1.29 is 14.5 Å². The van der Waals surface area contributed by atoms with E-state index in [1.165, 1.54) is 6.07 Å². The lowest BCUT2D eigenvalue weighted by molar-refractivity contribution is -0.384. The van der Waals surface area contributed by atoms with Crippen LogP contribution in [-0.2, 0) is 9.53 Å². The first-order chi connectivity index (χ1) is 11.0. The van der Waals surface area contributed by atoms with Gasteiger partial charge in [-0.2, -0.15) is 0 Å². The second kappa shape index (κ2) is 8.26. The van der Waals surface area contributed by atoms with Gasteiger partial charge in [-0.25, -0.2) is 0 Å². The van der Waals surface area contributed by atoms with Crippen LogP contribution in [0.1, 0.15) is 13.3 Å². The molecule has 8 heteroatoms. The summed E-state index contributed by atoms with van der Waals surface area (Å²) in [5.74, 6) is -0.227. The molecule has 7 nitrogen and oxygen atoms in total. The normalized spacial score (nSPS) is 16.0. The number of anilines is 1. The van der Waals surface area contributed by atoms with Gasteiger partial charge in [0, 0.05) is 36.7 Å². The topological polar surface area (TPSA) is 75.9 Å². The van der Waals surface area contributed by atoms with Gasteiger partial charge in [0.05, 0.1) is 18.1 Å². The summed E-state index contributed by atoms with van der Waals surface area (Å²) in [5, 5.41) is 11.2. The van der Waals surface area contributed by atoms with E-state index in [2.05, 4.69) is 15.9 Å².